The monoisotopic (exact) mass is 539 g/mol. The molecule has 1 saturated heterocycles. The van der Waals surface area contributed by atoms with E-state index in [9.17, 15) is 24.0 Å². The van der Waals surface area contributed by atoms with Gasteiger partial charge in [-0.1, -0.05) is 6.07 Å². The minimum Gasteiger partial charge on any atom is -0.441 e. The topological polar surface area (TPSA) is 138 Å². The number of benzene rings is 2. The Kier molecular flexibility index (Phi) is 5.86. The van der Waals surface area contributed by atoms with Crippen LogP contribution in [0.15, 0.2) is 48.7 Å². The van der Waals surface area contributed by atoms with Gasteiger partial charge < -0.3 is 10.1 Å². The zero-order valence-corrected chi connectivity index (χ0v) is 22.0. The number of piperidine rings is 1. The predicted molar refractivity (Wildman–Crippen MR) is 144 cm³/mol. The fourth-order valence-corrected chi connectivity index (χ4v) is 5.43. The minimum absolute atomic E-state index is 0.0349. The van der Waals surface area contributed by atoms with Gasteiger partial charge in [-0.25, -0.2) is 4.79 Å². The Morgan fingerprint density at radius 3 is 2.55 bits per heavy atom. The Morgan fingerprint density at radius 1 is 1.00 bits per heavy atom. The van der Waals surface area contributed by atoms with Crippen molar-refractivity contribution in [2.45, 2.75) is 38.8 Å². The molecule has 0 unspecified atom stereocenters. The number of pyridine rings is 1. The number of cyclic esters (lactones) is 1. The number of anilines is 3. The minimum atomic E-state index is -1.07. The predicted octanol–water partition coefficient (Wildman–Crippen LogP) is 3.85. The van der Waals surface area contributed by atoms with Gasteiger partial charge in [0.25, 0.3) is 11.8 Å². The second-order valence-corrected chi connectivity index (χ2v) is 10.0. The highest BCUT2D eigenvalue weighted by Crippen LogP contribution is 2.43. The number of carbonyl (C=O) groups is 5. The molecule has 1 aromatic heterocycles. The molecule has 0 bridgehead atoms. The van der Waals surface area contributed by atoms with Crippen LogP contribution in [0, 0.1) is 6.92 Å². The molecule has 3 aliphatic rings. The lowest BCUT2D eigenvalue weighted by Crippen LogP contribution is -2.54. The van der Waals surface area contributed by atoms with Gasteiger partial charge in [0, 0.05) is 42.2 Å². The highest BCUT2D eigenvalue weighted by atomic mass is 16.6. The highest BCUT2D eigenvalue weighted by molar-refractivity contribution is 6.25. The number of rotatable bonds is 4. The second-order valence-electron chi connectivity index (χ2n) is 10.0. The lowest BCUT2D eigenvalue weighted by atomic mass is 9.95. The van der Waals surface area contributed by atoms with Crippen molar-refractivity contribution in [1.29, 1.82) is 0 Å². The molecule has 3 aromatic rings. The van der Waals surface area contributed by atoms with Gasteiger partial charge in [0.05, 0.1) is 22.5 Å². The average Bonchev–Trinajstić information content (AvgIpc) is 3.17. The molecule has 1 fully saturated rings. The van der Waals surface area contributed by atoms with Gasteiger partial charge in [0.15, 0.2) is 0 Å². The maximum absolute atomic E-state index is 13.6. The van der Waals surface area contributed by atoms with Gasteiger partial charge in [0.1, 0.15) is 12.1 Å². The fraction of sp³-hybridized carbons (Fsp3) is 0.241. The summed E-state index contributed by atoms with van der Waals surface area (Å²) in [5, 5.41) is 5.54. The summed E-state index contributed by atoms with van der Waals surface area (Å²) >= 11 is 0. The van der Waals surface area contributed by atoms with Crippen molar-refractivity contribution in [3.8, 4) is 11.1 Å². The summed E-state index contributed by atoms with van der Waals surface area (Å²) in [7, 11) is 1.62. The normalized spacial score (nSPS) is 20.2. The molecule has 0 spiro atoms. The van der Waals surface area contributed by atoms with Crippen LogP contribution in [0.1, 0.15) is 57.8 Å². The molecule has 2 aromatic carbocycles. The Labute approximate surface area is 229 Å². The van der Waals surface area contributed by atoms with Crippen LogP contribution in [0.25, 0.3) is 11.1 Å². The van der Waals surface area contributed by atoms with Crippen LogP contribution in [0.2, 0.25) is 0 Å². The number of ether oxygens (including phenoxy) is 1. The van der Waals surface area contributed by atoms with E-state index in [1.807, 2.05) is 31.2 Å². The number of nitrogens with one attached hydrogen (secondary N) is 2. The number of fused-ring (bicyclic) bond motifs is 2. The quantitative estimate of drug-likeness (QED) is 0.477. The number of carbonyl (C=O) groups excluding carboxylic acids is 5. The van der Waals surface area contributed by atoms with Gasteiger partial charge >= 0.3 is 6.09 Å². The summed E-state index contributed by atoms with van der Waals surface area (Å²) in [6, 6.07) is 11.3. The van der Waals surface area contributed by atoms with Crippen LogP contribution in [0.5, 0.6) is 0 Å². The molecule has 202 valence electrons. The zero-order valence-electron chi connectivity index (χ0n) is 22.0. The first kappa shape index (κ1) is 25.2. The summed E-state index contributed by atoms with van der Waals surface area (Å²) in [4.78, 5) is 70.2. The van der Waals surface area contributed by atoms with E-state index in [0.717, 1.165) is 27.3 Å². The first-order chi connectivity index (χ1) is 19.1. The Bertz CT molecular complexity index is 1650. The number of nitrogens with zero attached hydrogens (tertiary/aromatic N) is 3. The Balaban J connectivity index is 1.45. The van der Waals surface area contributed by atoms with E-state index in [1.165, 1.54) is 11.0 Å². The molecule has 2 atom stereocenters. The number of hydrogen-bond donors (Lipinski definition) is 2. The van der Waals surface area contributed by atoms with Crippen molar-refractivity contribution in [2.24, 2.45) is 0 Å². The molecule has 2 N–H and O–H groups in total. The van der Waals surface area contributed by atoms with Crippen molar-refractivity contribution < 1.29 is 28.7 Å². The largest absolute Gasteiger partial charge is 0.441 e. The van der Waals surface area contributed by atoms with E-state index < -0.39 is 41.9 Å². The van der Waals surface area contributed by atoms with Crippen molar-refractivity contribution in [1.82, 2.24) is 15.2 Å². The van der Waals surface area contributed by atoms with Gasteiger partial charge in [-0.05, 0) is 62.2 Å². The van der Waals surface area contributed by atoms with Crippen LogP contribution < -0.4 is 15.5 Å². The van der Waals surface area contributed by atoms with Gasteiger partial charge in [-0.3, -0.25) is 39.3 Å². The second kappa shape index (κ2) is 9.30. The van der Waals surface area contributed by atoms with Crippen molar-refractivity contribution in [2.75, 3.05) is 17.3 Å². The lowest BCUT2D eigenvalue weighted by Gasteiger charge is -2.31. The van der Waals surface area contributed by atoms with Crippen LogP contribution in [-0.2, 0) is 14.3 Å². The number of hydrogen-bond acceptors (Lipinski definition) is 8. The van der Waals surface area contributed by atoms with Crippen molar-refractivity contribution in [3.05, 3.63) is 71.0 Å². The summed E-state index contributed by atoms with van der Waals surface area (Å²) in [5.41, 5.74) is 5.13. The van der Waals surface area contributed by atoms with E-state index in [-0.39, 0.29) is 24.0 Å². The standard InChI is InChI=1S/C29H25N5O6/c1-14-11-16(9-10-30-14)19-12-18-15(2)40-29(39)33(3)23(18)13-21(19)31-20-6-4-5-17-25(20)28(38)34(27(17)37)22-7-8-24(35)32-26(22)36/h4-6,9-13,15,22,31H,7-8H2,1-3H3,(H,32,35,36)/t15-,22-/m0/s1. The first-order valence-electron chi connectivity index (χ1n) is 12.8. The number of aromatic nitrogens is 1. The Hall–Kier alpha value is -5.06. The molecule has 5 amide bonds. The number of amides is 5. The molecular formula is C29H25N5O6. The molecule has 3 aliphatic heterocycles. The van der Waals surface area contributed by atoms with Gasteiger partial charge in [-0.15, -0.1) is 0 Å². The highest BCUT2D eigenvalue weighted by Gasteiger charge is 2.45. The molecule has 0 saturated carbocycles. The molecular weight excluding hydrogens is 514 g/mol. The summed E-state index contributed by atoms with van der Waals surface area (Å²) in [6.07, 6.45) is 0.837. The van der Waals surface area contributed by atoms with Gasteiger partial charge in [0.2, 0.25) is 11.8 Å². The molecule has 11 nitrogen and oxygen atoms in total. The van der Waals surface area contributed by atoms with E-state index in [1.54, 1.807) is 32.3 Å². The number of aryl methyl sites for hydroxylation is 1. The first-order valence-corrected chi connectivity index (χ1v) is 12.8. The van der Waals surface area contributed by atoms with Crippen molar-refractivity contribution >= 4 is 46.8 Å². The zero-order chi connectivity index (χ0) is 28.3. The average molecular weight is 540 g/mol. The van der Waals surface area contributed by atoms with Crippen LogP contribution in [0.3, 0.4) is 0 Å². The molecule has 6 rings (SSSR count). The van der Waals surface area contributed by atoms with E-state index in [4.69, 9.17) is 4.74 Å². The van der Waals surface area contributed by atoms with Crippen LogP contribution in [0.4, 0.5) is 21.9 Å². The third kappa shape index (κ3) is 3.98. The molecule has 0 radical (unpaired) electrons. The number of imide groups is 2. The Morgan fingerprint density at radius 2 is 1.80 bits per heavy atom. The van der Waals surface area contributed by atoms with E-state index in [0.29, 0.717) is 17.1 Å². The summed E-state index contributed by atoms with van der Waals surface area (Å²) < 4.78 is 5.48. The molecule has 40 heavy (non-hydrogen) atoms. The third-order valence-corrected chi connectivity index (χ3v) is 7.46. The van der Waals surface area contributed by atoms with Gasteiger partial charge in [-0.2, -0.15) is 0 Å². The fourth-order valence-electron chi connectivity index (χ4n) is 5.43. The molecule has 11 heteroatoms. The smallest absolute Gasteiger partial charge is 0.414 e. The van der Waals surface area contributed by atoms with E-state index >= 15 is 0 Å². The SMILES string of the molecule is Cc1cc(-c2cc3c(cc2Nc2cccc4c2C(=O)N([C@H]2CCC(=O)NC2=O)C4=O)N(C)C(=O)O[C@H]3C)ccn1. The van der Waals surface area contributed by atoms with E-state index in [2.05, 4.69) is 15.6 Å². The maximum atomic E-state index is 13.6. The molecule has 4 heterocycles. The lowest BCUT2D eigenvalue weighted by molar-refractivity contribution is -0.136. The summed E-state index contributed by atoms with van der Waals surface area (Å²) in [5.74, 6) is -2.32. The van der Waals surface area contributed by atoms with Crippen molar-refractivity contribution in [3.63, 3.8) is 0 Å². The maximum Gasteiger partial charge on any atom is 0.414 e. The van der Waals surface area contributed by atoms with Crippen LogP contribution >= 0.6 is 0 Å². The molecule has 0 aliphatic carbocycles. The summed E-state index contributed by atoms with van der Waals surface area (Å²) in [6.45, 7) is 3.68. The van der Waals surface area contributed by atoms with Crippen LogP contribution in [-0.4, -0.2) is 52.7 Å². The third-order valence-electron chi connectivity index (χ3n) is 7.46.